The number of halogens is 2. The molecule has 0 spiro atoms. The van der Waals surface area contributed by atoms with Crippen molar-refractivity contribution < 1.29 is 37.2 Å². The van der Waals surface area contributed by atoms with Crippen LogP contribution in [0.2, 0.25) is 0 Å². The van der Waals surface area contributed by atoms with Gasteiger partial charge in [-0.2, -0.15) is 9.97 Å². The number of alkyl halides is 2. The molecule has 0 saturated carbocycles. The molecule has 368 valence electrons. The number of hydrogen-bond acceptors (Lipinski definition) is 16. The molecule has 9 rings (SSSR count). The molecule has 7 heterocycles. The molecule has 67 heavy (non-hydrogen) atoms. The molecule has 2 aromatic heterocycles. The highest BCUT2D eigenvalue weighted by molar-refractivity contribution is 5.94. The van der Waals surface area contributed by atoms with Gasteiger partial charge in [0.15, 0.2) is 23.0 Å². The molecule has 2 aromatic carbocycles. The Hall–Kier alpha value is -4.78. The van der Waals surface area contributed by atoms with E-state index in [9.17, 15) is 8.78 Å². The molecule has 4 aromatic rings. The Bertz CT molecular complexity index is 2190. The molecular formula is C49H72F2N10O6. The van der Waals surface area contributed by atoms with Gasteiger partial charge in [0.1, 0.15) is 11.6 Å². The van der Waals surface area contributed by atoms with Crippen LogP contribution in [-0.2, 0) is 9.47 Å². The standard InChI is InChI=1S/C26H37F2N5O3.C23H35N5O3/c1-34-22-16-20-21(17-23(22)36-15-5-11-32-9-2-3-10-32)30-25(33-12-7-26(27,28)8-13-33)31-24(20)29-19-6-4-14-35-18-19;1-27(2)23-25-19-15-21(31-13-7-11-28-9-4-5-10-28)20(29-3)14-18(19)22(26-23)24-17-8-6-12-30-16-17/h16-17,19H,2-15,18H2,1H3,(H,29,30,31);14-15,17H,4-13,16H2,1-3H3,(H,24,25,26)/t19-;17-/m00/s1. The number of methoxy groups -OCH3 is 2. The van der Waals surface area contributed by atoms with Crippen molar-refractivity contribution in [3.05, 3.63) is 24.3 Å². The number of fused-ring (bicyclic) bond motifs is 2. The van der Waals surface area contributed by atoms with E-state index in [1.54, 1.807) is 14.2 Å². The monoisotopic (exact) mass is 935 g/mol. The summed E-state index contributed by atoms with van der Waals surface area (Å²) in [5, 5.41) is 8.83. The fraction of sp³-hybridized carbons (Fsp3) is 0.673. The molecule has 0 amide bonds. The highest BCUT2D eigenvalue weighted by Gasteiger charge is 2.35. The predicted octanol–water partition coefficient (Wildman–Crippen LogP) is 7.49. The van der Waals surface area contributed by atoms with E-state index in [2.05, 4.69) is 20.4 Å². The van der Waals surface area contributed by atoms with Crippen LogP contribution in [-0.4, -0.2) is 168 Å². The molecule has 5 fully saturated rings. The molecule has 16 nitrogen and oxygen atoms in total. The first-order valence-corrected chi connectivity index (χ1v) is 24.6. The fourth-order valence-corrected chi connectivity index (χ4v) is 9.44. The van der Waals surface area contributed by atoms with Gasteiger partial charge >= 0.3 is 0 Å². The molecule has 2 N–H and O–H groups in total. The second-order valence-electron chi connectivity index (χ2n) is 18.6. The Labute approximate surface area is 394 Å². The van der Waals surface area contributed by atoms with Crippen molar-refractivity contribution in [3.63, 3.8) is 0 Å². The van der Waals surface area contributed by atoms with Crippen molar-refractivity contribution in [1.29, 1.82) is 0 Å². The maximum absolute atomic E-state index is 13.8. The van der Waals surface area contributed by atoms with Gasteiger partial charge in [-0.25, -0.2) is 18.7 Å². The highest BCUT2D eigenvalue weighted by atomic mass is 19.3. The number of anilines is 4. The Morgan fingerprint density at radius 2 is 1.13 bits per heavy atom. The lowest BCUT2D eigenvalue weighted by atomic mass is 10.1. The summed E-state index contributed by atoms with van der Waals surface area (Å²) >= 11 is 0. The van der Waals surface area contributed by atoms with Crippen LogP contribution in [0, 0.1) is 0 Å². The summed E-state index contributed by atoms with van der Waals surface area (Å²) in [6.45, 7) is 11.5. The average Bonchev–Trinajstić information content (AvgIpc) is 4.08. The average molecular weight is 935 g/mol. The first-order valence-electron chi connectivity index (χ1n) is 24.6. The van der Waals surface area contributed by atoms with Crippen molar-refractivity contribution in [2.45, 2.75) is 95.1 Å². The number of benzene rings is 2. The summed E-state index contributed by atoms with van der Waals surface area (Å²) in [6.07, 6.45) is 10.8. The summed E-state index contributed by atoms with van der Waals surface area (Å²) < 4.78 is 62.4. The van der Waals surface area contributed by atoms with Crippen LogP contribution in [0.5, 0.6) is 23.0 Å². The van der Waals surface area contributed by atoms with Gasteiger partial charge in [0.2, 0.25) is 11.9 Å². The minimum Gasteiger partial charge on any atom is -0.493 e. The van der Waals surface area contributed by atoms with Crippen molar-refractivity contribution in [1.82, 2.24) is 29.7 Å². The van der Waals surface area contributed by atoms with E-state index in [0.717, 1.165) is 92.7 Å². The summed E-state index contributed by atoms with van der Waals surface area (Å²) in [7, 11) is 7.21. The Balaban J connectivity index is 0.000000184. The molecule has 0 unspecified atom stereocenters. The van der Waals surface area contributed by atoms with Crippen LogP contribution in [0.3, 0.4) is 0 Å². The highest BCUT2D eigenvalue weighted by Crippen LogP contribution is 2.38. The van der Waals surface area contributed by atoms with E-state index in [1.165, 1.54) is 51.9 Å². The summed E-state index contributed by atoms with van der Waals surface area (Å²) in [4.78, 5) is 27.8. The minimum atomic E-state index is -2.63. The lowest BCUT2D eigenvalue weighted by Crippen LogP contribution is -2.40. The largest absolute Gasteiger partial charge is 0.493 e. The summed E-state index contributed by atoms with van der Waals surface area (Å²) in [5.74, 6) is 2.67. The normalized spacial score (nSPS) is 21.2. The molecule has 0 aliphatic carbocycles. The number of nitrogens with zero attached hydrogens (tertiary/aromatic N) is 8. The Morgan fingerprint density at radius 3 is 1.60 bits per heavy atom. The zero-order valence-electron chi connectivity index (χ0n) is 40.1. The van der Waals surface area contributed by atoms with Crippen LogP contribution in [0.1, 0.15) is 77.0 Å². The van der Waals surface area contributed by atoms with E-state index >= 15 is 0 Å². The van der Waals surface area contributed by atoms with Crippen LogP contribution >= 0.6 is 0 Å². The van der Waals surface area contributed by atoms with Crippen molar-refractivity contribution in [3.8, 4) is 23.0 Å². The number of ether oxygens (including phenoxy) is 6. The molecule has 5 saturated heterocycles. The number of nitrogens with one attached hydrogen (secondary N) is 2. The van der Waals surface area contributed by atoms with Gasteiger partial charge in [0.25, 0.3) is 5.92 Å². The number of aromatic nitrogens is 4. The zero-order chi connectivity index (χ0) is 46.6. The second-order valence-corrected chi connectivity index (χ2v) is 18.6. The van der Waals surface area contributed by atoms with E-state index < -0.39 is 5.92 Å². The maximum atomic E-state index is 13.8. The Kier molecular flexibility index (Phi) is 17.1. The van der Waals surface area contributed by atoms with Crippen LogP contribution in [0.25, 0.3) is 21.8 Å². The van der Waals surface area contributed by atoms with Crippen LogP contribution in [0.4, 0.5) is 32.3 Å². The fourth-order valence-electron chi connectivity index (χ4n) is 9.44. The third-order valence-corrected chi connectivity index (χ3v) is 13.3. The van der Waals surface area contributed by atoms with Crippen molar-refractivity contribution >= 4 is 45.3 Å². The van der Waals surface area contributed by atoms with Crippen LogP contribution in [0.15, 0.2) is 24.3 Å². The molecular weight excluding hydrogens is 863 g/mol. The number of hydrogen-bond donors (Lipinski definition) is 2. The van der Waals surface area contributed by atoms with Gasteiger partial charge in [-0.15, -0.1) is 0 Å². The summed E-state index contributed by atoms with van der Waals surface area (Å²) in [6, 6.07) is 8.12. The third kappa shape index (κ3) is 13.3. The van der Waals surface area contributed by atoms with Crippen LogP contribution < -0.4 is 39.4 Å². The van der Waals surface area contributed by atoms with Gasteiger partial charge in [0.05, 0.1) is 63.8 Å². The van der Waals surface area contributed by atoms with Gasteiger partial charge in [-0.05, 0) is 103 Å². The third-order valence-electron chi connectivity index (χ3n) is 13.3. The minimum absolute atomic E-state index is 0.128. The molecule has 18 heteroatoms. The van der Waals surface area contributed by atoms with E-state index in [-0.39, 0.29) is 38.0 Å². The molecule has 5 aliphatic heterocycles. The first-order chi connectivity index (χ1) is 32.6. The smallest absolute Gasteiger partial charge is 0.251 e. The topological polar surface area (TPSA) is 144 Å². The quantitative estimate of drug-likeness (QED) is 0.0951. The predicted molar refractivity (Wildman–Crippen MR) is 259 cm³/mol. The van der Waals surface area contributed by atoms with E-state index in [1.807, 2.05) is 48.2 Å². The molecule has 2 atom stereocenters. The molecule has 0 bridgehead atoms. The molecule has 0 radical (unpaired) electrons. The van der Waals surface area contributed by atoms with E-state index in [4.69, 9.17) is 48.4 Å². The summed E-state index contributed by atoms with van der Waals surface area (Å²) in [5.41, 5.74) is 1.54. The van der Waals surface area contributed by atoms with Gasteiger partial charge in [-0.3, -0.25) is 0 Å². The van der Waals surface area contributed by atoms with Gasteiger partial charge in [-0.1, -0.05) is 0 Å². The first kappa shape index (κ1) is 48.7. The number of rotatable bonds is 18. The SMILES string of the molecule is COc1cc2c(N[C@H]3CCCOC3)nc(N(C)C)nc2cc1OCCCN1CCCC1.COc1cc2c(N[C@H]3CCCOC3)nc(N3CCC(F)(F)CC3)nc2cc1OCCCN1CCCC1. The lowest BCUT2D eigenvalue weighted by Gasteiger charge is -2.32. The number of likely N-dealkylation sites (tertiary alicyclic amines) is 2. The van der Waals surface area contributed by atoms with Crippen molar-refractivity contribution in [2.24, 2.45) is 0 Å². The zero-order valence-corrected chi connectivity index (χ0v) is 40.1. The van der Waals surface area contributed by atoms with Gasteiger partial charge in [0, 0.05) is 89.2 Å². The number of piperidine rings is 1. The lowest BCUT2D eigenvalue weighted by molar-refractivity contribution is -0.0222. The second kappa shape index (κ2) is 23.5. The van der Waals surface area contributed by atoms with Gasteiger partial charge < -0.3 is 58.7 Å². The van der Waals surface area contributed by atoms with Crippen molar-refractivity contribution in [2.75, 3.05) is 141 Å². The van der Waals surface area contributed by atoms with E-state index in [0.29, 0.717) is 66.9 Å². The Morgan fingerprint density at radius 1 is 0.642 bits per heavy atom. The maximum Gasteiger partial charge on any atom is 0.251 e. The molecule has 5 aliphatic rings.